The zero-order chi connectivity index (χ0) is 16.1. The van der Waals surface area contributed by atoms with Crippen LogP contribution in [-0.4, -0.2) is 28.0 Å². The molecule has 2 N–H and O–H groups in total. The molecular formula is C15H15BrN2O4. The number of hydrogen-bond donors (Lipinski definition) is 2. The second-order valence-electron chi connectivity index (χ2n) is 4.73. The molecule has 1 amide bonds. The lowest BCUT2D eigenvalue weighted by Gasteiger charge is -2.07. The van der Waals surface area contributed by atoms with E-state index in [0.717, 1.165) is 10.0 Å². The van der Waals surface area contributed by atoms with Gasteiger partial charge in [0, 0.05) is 22.9 Å². The number of carboxylic acid groups (broad SMARTS) is 1. The summed E-state index contributed by atoms with van der Waals surface area (Å²) >= 11 is 3.44. The summed E-state index contributed by atoms with van der Waals surface area (Å²) in [6.07, 6.45) is 2.03. The van der Waals surface area contributed by atoms with Gasteiger partial charge in [0.1, 0.15) is 6.04 Å². The maximum atomic E-state index is 11.6. The number of aliphatic carboxylic acids is 1. The number of benzene rings is 1. The van der Waals surface area contributed by atoms with E-state index >= 15 is 0 Å². The molecule has 0 aliphatic rings. The van der Waals surface area contributed by atoms with E-state index in [1.165, 1.54) is 6.92 Å². The normalized spacial score (nSPS) is 11.9. The first-order valence-electron chi connectivity index (χ1n) is 6.69. The Morgan fingerprint density at radius 2 is 2.14 bits per heavy atom. The maximum Gasteiger partial charge on any atom is 0.325 e. The second-order valence-corrected chi connectivity index (χ2v) is 5.58. The van der Waals surface area contributed by atoms with E-state index in [-0.39, 0.29) is 12.3 Å². The Morgan fingerprint density at radius 1 is 1.41 bits per heavy atom. The van der Waals surface area contributed by atoms with Gasteiger partial charge in [-0.3, -0.25) is 9.59 Å². The van der Waals surface area contributed by atoms with Gasteiger partial charge in [0.2, 0.25) is 5.91 Å². The van der Waals surface area contributed by atoms with Gasteiger partial charge in [-0.05, 0) is 13.0 Å². The maximum absolute atomic E-state index is 11.6. The topological polar surface area (TPSA) is 92.4 Å². The SMILES string of the molecule is C[C@@H](NC(=O)CCc1ncc(-c2ccccc2Br)o1)C(=O)O. The predicted molar refractivity (Wildman–Crippen MR) is 83.2 cm³/mol. The van der Waals surface area contributed by atoms with Crippen LogP contribution in [0.25, 0.3) is 11.3 Å². The van der Waals surface area contributed by atoms with Gasteiger partial charge < -0.3 is 14.8 Å². The van der Waals surface area contributed by atoms with Crippen LogP contribution in [0.3, 0.4) is 0 Å². The fourth-order valence-corrected chi connectivity index (χ4v) is 2.29. The van der Waals surface area contributed by atoms with Crippen molar-refractivity contribution in [3.05, 3.63) is 40.8 Å². The lowest BCUT2D eigenvalue weighted by atomic mass is 10.2. The molecule has 1 aromatic heterocycles. The van der Waals surface area contributed by atoms with Crippen molar-refractivity contribution >= 4 is 27.8 Å². The zero-order valence-corrected chi connectivity index (χ0v) is 13.5. The number of hydrogen-bond acceptors (Lipinski definition) is 4. The van der Waals surface area contributed by atoms with Crippen LogP contribution in [0.2, 0.25) is 0 Å². The molecule has 0 spiro atoms. The first-order chi connectivity index (χ1) is 10.5. The third kappa shape index (κ3) is 4.17. The molecule has 0 aliphatic carbocycles. The highest BCUT2D eigenvalue weighted by atomic mass is 79.9. The molecule has 22 heavy (non-hydrogen) atoms. The van der Waals surface area contributed by atoms with Crippen LogP contribution in [-0.2, 0) is 16.0 Å². The number of oxazole rings is 1. The third-order valence-electron chi connectivity index (χ3n) is 3.01. The van der Waals surface area contributed by atoms with Crippen LogP contribution >= 0.6 is 15.9 Å². The van der Waals surface area contributed by atoms with Crippen molar-refractivity contribution in [3.8, 4) is 11.3 Å². The Kier molecular flexibility index (Phi) is 5.32. The molecule has 116 valence electrons. The minimum absolute atomic E-state index is 0.119. The van der Waals surface area contributed by atoms with E-state index in [1.807, 2.05) is 24.3 Å². The molecule has 1 aromatic carbocycles. The van der Waals surface area contributed by atoms with Gasteiger partial charge >= 0.3 is 5.97 Å². The summed E-state index contributed by atoms with van der Waals surface area (Å²) in [6, 6.07) is 6.68. The Hall–Kier alpha value is -2.15. The first kappa shape index (κ1) is 16.2. The van der Waals surface area contributed by atoms with E-state index in [9.17, 15) is 9.59 Å². The van der Waals surface area contributed by atoms with E-state index in [0.29, 0.717) is 18.1 Å². The van der Waals surface area contributed by atoms with Gasteiger partial charge in [0.25, 0.3) is 0 Å². The lowest BCUT2D eigenvalue weighted by molar-refractivity contribution is -0.141. The molecule has 2 rings (SSSR count). The highest BCUT2D eigenvalue weighted by Gasteiger charge is 2.15. The summed E-state index contributed by atoms with van der Waals surface area (Å²) in [6.45, 7) is 1.41. The summed E-state index contributed by atoms with van der Waals surface area (Å²) in [4.78, 5) is 26.4. The molecule has 0 saturated heterocycles. The van der Waals surface area contributed by atoms with Gasteiger partial charge in [-0.1, -0.05) is 34.1 Å². The summed E-state index contributed by atoms with van der Waals surface area (Å²) in [7, 11) is 0. The van der Waals surface area contributed by atoms with Gasteiger partial charge in [-0.25, -0.2) is 4.98 Å². The number of rotatable bonds is 6. The number of nitrogens with one attached hydrogen (secondary N) is 1. The number of halogens is 1. The molecule has 2 aromatic rings. The van der Waals surface area contributed by atoms with E-state index in [1.54, 1.807) is 6.20 Å². The minimum Gasteiger partial charge on any atom is -0.480 e. The zero-order valence-electron chi connectivity index (χ0n) is 11.9. The Morgan fingerprint density at radius 3 is 2.82 bits per heavy atom. The summed E-state index contributed by atoms with van der Waals surface area (Å²) in [5.74, 6) is -0.373. The highest BCUT2D eigenvalue weighted by Crippen LogP contribution is 2.28. The van der Waals surface area contributed by atoms with Crippen molar-refractivity contribution in [3.63, 3.8) is 0 Å². The molecular weight excluding hydrogens is 352 g/mol. The molecule has 1 atom stereocenters. The number of carbonyl (C=O) groups excluding carboxylic acids is 1. The number of carbonyl (C=O) groups is 2. The second kappa shape index (κ2) is 7.22. The lowest BCUT2D eigenvalue weighted by Crippen LogP contribution is -2.38. The van der Waals surface area contributed by atoms with E-state index in [2.05, 4.69) is 26.2 Å². The minimum atomic E-state index is -1.07. The van der Waals surface area contributed by atoms with Crippen LogP contribution in [0.4, 0.5) is 0 Å². The average Bonchev–Trinajstić information content (AvgIpc) is 2.94. The van der Waals surface area contributed by atoms with Crippen molar-refractivity contribution in [2.24, 2.45) is 0 Å². The van der Waals surface area contributed by atoms with Gasteiger partial charge in [0.05, 0.1) is 6.20 Å². The molecule has 0 bridgehead atoms. The quantitative estimate of drug-likeness (QED) is 0.819. The number of amides is 1. The van der Waals surface area contributed by atoms with Crippen LogP contribution in [0.15, 0.2) is 39.4 Å². The summed E-state index contributed by atoms with van der Waals surface area (Å²) in [5.41, 5.74) is 0.880. The average molecular weight is 367 g/mol. The van der Waals surface area contributed by atoms with Gasteiger partial charge in [-0.15, -0.1) is 0 Å². The highest BCUT2D eigenvalue weighted by molar-refractivity contribution is 9.10. The van der Waals surface area contributed by atoms with Crippen molar-refractivity contribution in [2.75, 3.05) is 0 Å². The summed E-state index contributed by atoms with van der Waals surface area (Å²) in [5, 5.41) is 11.1. The van der Waals surface area contributed by atoms with Crippen LogP contribution in [0.1, 0.15) is 19.2 Å². The molecule has 0 saturated carbocycles. The smallest absolute Gasteiger partial charge is 0.325 e. The number of aryl methyl sites for hydroxylation is 1. The third-order valence-corrected chi connectivity index (χ3v) is 3.70. The van der Waals surface area contributed by atoms with E-state index in [4.69, 9.17) is 9.52 Å². The summed E-state index contributed by atoms with van der Waals surface area (Å²) < 4.78 is 6.51. The van der Waals surface area contributed by atoms with Crippen molar-refractivity contribution in [1.82, 2.24) is 10.3 Å². The van der Waals surface area contributed by atoms with Crippen molar-refractivity contribution in [2.45, 2.75) is 25.8 Å². The Labute approximate surface area is 135 Å². The molecule has 0 aliphatic heterocycles. The predicted octanol–water partition coefficient (Wildman–Crippen LogP) is 2.63. The number of carboxylic acids is 1. The standard InChI is InChI=1S/C15H15BrN2O4/c1-9(15(20)21)18-13(19)6-7-14-17-8-12(22-14)10-4-2-3-5-11(10)16/h2-5,8-9H,6-7H2,1H3,(H,18,19)(H,20,21)/t9-/m1/s1. The van der Waals surface area contributed by atoms with Crippen molar-refractivity contribution < 1.29 is 19.1 Å². The largest absolute Gasteiger partial charge is 0.480 e. The van der Waals surface area contributed by atoms with Crippen LogP contribution in [0, 0.1) is 0 Å². The molecule has 0 radical (unpaired) electrons. The van der Waals surface area contributed by atoms with Gasteiger partial charge in [-0.2, -0.15) is 0 Å². The Balaban J connectivity index is 1.94. The molecule has 7 heteroatoms. The fraction of sp³-hybridized carbons (Fsp3) is 0.267. The van der Waals surface area contributed by atoms with Crippen LogP contribution in [0.5, 0.6) is 0 Å². The number of nitrogens with zero attached hydrogens (tertiary/aromatic N) is 1. The van der Waals surface area contributed by atoms with Gasteiger partial charge in [0.15, 0.2) is 11.7 Å². The monoisotopic (exact) mass is 366 g/mol. The van der Waals surface area contributed by atoms with E-state index < -0.39 is 12.0 Å². The molecule has 0 fully saturated rings. The fourth-order valence-electron chi connectivity index (χ4n) is 1.81. The molecule has 6 nitrogen and oxygen atoms in total. The van der Waals surface area contributed by atoms with Crippen LogP contribution < -0.4 is 5.32 Å². The first-order valence-corrected chi connectivity index (χ1v) is 7.48. The van der Waals surface area contributed by atoms with Crippen molar-refractivity contribution in [1.29, 1.82) is 0 Å². The molecule has 0 unspecified atom stereocenters. The Bertz CT molecular complexity index is 684. The number of aromatic nitrogens is 1. The molecule has 1 heterocycles.